The van der Waals surface area contributed by atoms with Gasteiger partial charge in [-0.1, -0.05) is 35.6 Å². The summed E-state index contributed by atoms with van der Waals surface area (Å²) in [5.41, 5.74) is 2.29. The molecule has 31 heavy (non-hydrogen) atoms. The third-order valence-electron chi connectivity index (χ3n) is 5.83. The first-order valence-electron chi connectivity index (χ1n) is 10.4. The van der Waals surface area contributed by atoms with Crippen LogP contribution in [0.1, 0.15) is 23.6 Å². The fraction of sp³-hybridized carbons (Fsp3) is 0.381. The minimum atomic E-state index is -0.319. The molecule has 4 heterocycles. The first-order chi connectivity index (χ1) is 15.2. The Kier molecular flexibility index (Phi) is 5.47. The lowest BCUT2D eigenvalue weighted by Gasteiger charge is -2.33. The highest BCUT2D eigenvalue weighted by atomic mass is 32.1. The Bertz CT molecular complexity index is 1060. The molecule has 1 amide bonds. The number of anilines is 3. The molecule has 1 saturated heterocycles. The molecule has 2 aliphatic rings. The lowest BCUT2D eigenvalue weighted by Crippen LogP contribution is -2.39. The fourth-order valence-electron chi connectivity index (χ4n) is 4.26. The molecule has 1 aromatic carbocycles. The van der Waals surface area contributed by atoms with Gasteiger partial charge in [0.15, 0.2) is 5.82 Å². The normalized spacial score (nSPS) is 21.0. The van der Waals surface area contributed by atoms with Gasteiger partial charge in [0.25, 0.3) is 0 Å². The summed E-state index contributed by atoms with van der Waals surface area (Å²) in [5, 5.41) is 24.1. The van der Waals surface area contributed by atoms with E-state index in [0.29, 0.717) is 10.3 Å². The zero-order chi connectivity index (χ0) is 21.2. The molecular weight excluding hydrogens is 412 g/mol. The molecule has 2 atom stereocenters. The van der Waals surface area contributed by atoms with E-state index in [4.69, 9.17) is 0 Å². The number of hydrogen-bond acceptors (Lipinski definition) is 9. The maximum Gasteiger partial charge on any atom is 0.248 e. The number of hydrogen-bond donors (Lipinski definition) is 2. The molecule has 2 N–H and O–H groups in total. The van der Waals surface area contributed by atoms with Crippen LogP contribution in [0.15, 0.2) is 42.6 Å². The average Bonchev–Trinajstić information content (AvgIpc) is 3.44. The number of benzene rings is 1. The average molecular weight is 437 g/mol. The third-order valence-corrected chi connectivity index (χ3v) is 6.60. The number of amides is 1. The molecule has 0 bridgehead atoms. The van der Waals surface area contributed by atoms with Gasteiger partial charge in [0.1, 0.15) is 6.04 Å². The van der Waals surface area contributed by atoms with Crippen molar-refractivity contribution < 1.29 is 4.79 Å². The minimum Gasteiger partial charge on any atom is -0.355 e. The summed E-state index contributed by atoms with van der Waals surface area (Å²) < 4.78 is 0. The largest absolute Gasteiger partial charge is 0.355 e. The molecule has 0 unspecified atom stereocenters. The van der Waals surface area contributed by atoms with Crippen molar-refractivity contribution in [2.45, 2.75) is 24.9 Å². The Morgan fingerprint density at radius 1 is 1.10 bits per heavy atom. The van der Waals surface area contributed by atoms with Crippen LogP contribution in [0.3, 0.4) is 0 Å². The Morgan fingerprint density at radius 2 is 1.97 bits per heavy atom. The maximum atomic E-state index is 13.0. The van der Waals surface area contributed by atoms with Crippen molar-refractivity contribution >= 4 is 33.3 Å². The van der Waals surface area contributed by atoms with Crippen LogP contribution in [0.5, 0.6) is 0 Å². The smallest absolute Gasteiger partial charge is 0.248 e. The first-order valence-corrected chi connectivity index (χ1v) is 11.2. The van der Waals surface area contributed by atoms with Crippen LogP contribution >= 0.6 is 11.3 Å². The maximum absolute atomic E-state index is 13.0. The van der Waals surface area contributed by atoms with Crippen molar-refractivity contribution in [1.82, 2.24) is 25.3 Å². The van der Waals surface area contributed by atoms with Gasteiger partial charge in [0.2, 0.25) is 16.2 Å². The summed E-state index contributed by atoms with van der Waals surface area (Å²) in [7, 11) is 1.98. The van der Waals surface area contributed by atoms with Gasteiger partial charge in [-0.05, 0) is 43.1 Å². The van der Waals surface area contributed by atoms with Crippen LogP contribution < -0.4 is 15.5 Å². The van der Waals surface area contributed by atoms with Gasteiger partial charge in [0.05, 0.1) is 0 Å². The van der Waals surface area contributed by atoms with Gasteiger partial charge >= 0.3 is 0 Å². The second-order valence-corrected chi connectivity index (χ2v) is 8.87. The Labute approximate surface area is 184 Å². The third kappa shape index (κ3) is 4.21. The predicted molar refractivity (Wildman–Crippen MR) is 120 cm³/mol. The lowest BCUT2D eigenvalue weighted by molar-refractivity contribution is -0.121. The van der Waals surface area contributed by atoms with Crippen molar-refractivity contribution in [3.05, 3.63) is 53.7 Å². The summed E-state index contributed by atoms with van der Waals surface area (Å²) in [6.07, 6.45) is 3.60. The quantitative estimate of drug-likeness (QED) is 0.628. The van der Waals surface area contributed by atoms with Crippen molar-refractivity contribution in [2.24, 2.45) is 0 Å². The van der Waals surface area contributed by atoms with Crippen molar-refractivity contribution in [3.63, 3.8) is 0 Å². The molecular formula is C21H24N8OS. The highest BCUT2D eigenvalue weighted by Gasteiger charge is 2.31. The summed E-state index contributed by atoms with van der Waals surface area (Å²) in [5.74, 6) is 0.806. The van der Waals surface area contributed by atoms with E-state index < -0.39 is 0 Å². The van der Waals surface area contributed by atoms with Crippen molar-refractivity contribution in [2.75, 3.05) is 42.2 Å². The van der Waals surface area contributed by atoms with E-state index in [1.807, 2.05) is 37.4 Å². The first kappa shape index (κ1) is 19.8. The van der Waals surface area contributed by atoms with E-state index >= 15 is 0 Å². The molecule has 2 aromatic heterocycles. The van der Waals surface area contributed by atoms with E-state index in [2.05, 4.69) is 46.9 Å². The van der Waals surface area contributed by atoms with E-state index in [-0.39, 0.29) is 18.0 Å². The molecule has 0 saturated carbocycles. The van der Waals surface area contributed by atoms with E-state index in [1.165, 1.54) is 16.9 Å². The standard InChI is InChI=1S/C21H24N8OS/c1-28-11-8-14-5-2-3-6-16(14)18(28)19(30)24-21-27-26-20(31-21)23-15-9-12-29(13-15)17-7-4-10-22-25-17/h2-7,10,15,18H,8-9,11-13H2,1H3,(H,23,26)(H,24,27,30)/t15-,18+/m1/s1. The monoisotopic (exact) mass is 436 g/mol. The van der Waals surface area contributed by atoms with E-state index in [1.54, 1.807) is 6.20 Å². The molecule has 2 aliphatic heterocycles. The number of aromatic nitrogens is 4. The van der Waals surface area contributed by atoms with Crippen LogP contribution in [0.2, 0.25) is 0 Å². The fourth-order valence-corrected chi connectivity index (χ4v) is 4.99. The highest BCUT2D eigenvalue weighted by Crippen LogP contribution is 2.31. The predicted octanol–water partition coefficient (Wildman–Crippen LogP) is 2.19. The van der Waals surface area contributed by atoms with Gasteiger partial charge in [0, 0.05) is 31.9 Å². The van der Waals surface area contributed by atoms with Crippen LogP contribution in [-0.4, -0.2) is 63.9 Å². The van der Waals surface area contributed by atoms with Crippen molar-refractivity contribution in [3.8, 4) is 0 Å². The van der Waals surface area contributed by atoms with Gasteiger partial charge in [-0.2, -0.15) is 5.10 Å². The summed E-state index contributed by atoms with van der Waals surface area (Å²) in [6, 6.07) is 11.9. The molecule has 10 heteroatoms. The molecule has 9 nitrogen and oxygen atoms in total. The molecule has 0 spiro atoms. The second kappa shape index (κ2) is 8.56. The highest BCUT2D eigenvalue weighted by molar-refractivity contribution is 7.19. The SMILES string of the molecule is CN1CCc2ccccc2[C@H]1C(=O)Nc1nnc(N[C@@H]2CCN(c3cccnn3)C2)s1. The zero-order valence-electron chi connectivity index (χ0n) is 17.2. The Hall–Kier alpha value is -3.11. The molecule has 160 valence electrons. The lowest BCUT2D eigenvalue weighted by atomic mass is 9.92. The van der Waals surface area contributed by atoms with Gasteiger partial charge in [-0.3, -0.25) is 15.0 Å². The number of nitrogens with one attached hydrogen (secondary N) is 2. The number of fused-ring (bicyclic) bond motifs is 1. The van der Waals surface area contributed by atoms with Gasteiger partial charge in [-0.15, -0.1) is 15.3 Å². The van der Waals surface area contributed by atoms with Crippen LogP contribution in [0.4, 0.5) is 16.1 Å². The van der Waals surface area contributed by atoms with Gasteiger partial charge in [-0.25, -0.2) is 0 Å². The van der Waals surface area contributed by atoms with Crippen LogP contribution in [0.25, 0.3) is 0 Å². The minimum absolute atomic E-state index is 0.0768. The molecule has 1 fully saturated rings. The summed E-state index contributed by atoms with van der Waals surface area (Å²) >= 11 is 1.36. The zero-order valence-corrected chi connectivity index (χ0v) is 18.0. The molecule has 3 aromatic rings. The summed E-state index contributed by atoms with van der Waals surface area (Å²) in [4.78, 5) is 17.3. The number of nitrogens with zero attached hydrogens (tertiary/aromatic N) is 6. The molecule has 5 rings (SSSR count). The van der Waals surface area contributed by atoms with Crippen LogP contribution in [-0.2, 0) is 11.2 Å². The van der Waals surface area contributed by atoms with E-state index in [9.17, 15) is 4.79 Å². The number of carbonyl (C=O) groups is 1. The Balaban J connectivity index is 1.21. The van der Waals surface area contributed by atoms with Gasteiger partial charge < -0.3 is 10.2 Å². The van der Waals surface area contributed by atoms with E-state index in [0.717, 1.165) is 43.9 Å². The number of likely N-dealkylation sites (N-methyl/N-ethyl adjacent to an activating group) is 1. The molecule has 0 radical (unpaired) electrons. The van der Waals surface area contributed by atoms with Crippen LogP contribution in [0, 0.1) is 0 Å². The van der Waals surface area contributed by atoms with Crippen molar-refractivity contribution in [1.29, 1.82) is 0 Å². The Morgan fingerprint density at radius 3 is 2.84 bits per heavy atom. The topological polar surface area (TPSA) is 99.2 Å². The number of rotatable bonds is 5. The second-order valence-electron chi connectivity index (χ2n) is 7.89. The number of carbonyl (C=O) groups excluding carboxylic acids is 1. The molecule has 0 aliphatic carbocycles. The summed E-state index contributed by atoms with van der Waals surface area (Å²) in [6.45, 7) is 2.58.